The number of amides is 1. The Bertz CT molecular complexity index is 597. The van der Waals surface area contributed by atoms with Gasteiger partial charge in [-0.3, -0.25) is 9.69 Å². The van der Waals surface area contributed by atoms with E-state index in [0.29, 0.717) is 5.56 Å². The first-order valence-corrected chi connectivity index (χ1v) is 8.73. The monoisotopic (exact) mass is 312 g/mol. The Morgan fingerprint density at radius 2 is 1.55 bits per heavy atom. The molecule has 0 bridgehead atoms. The summed E-state index contributed by atoms with van der Waals surface area (Å²) in [5.74, 6) is 2.21. The Morgan fingerprint density at radius 3 is 2.18 bits per heavy atom. The Labute approximate surface area is 135 Å². The van der Waals surface area contributed by atoms with Gasteiger partial charge in [0, 0.05) is 30.2 Å². The molecule has 1 heterocycles. The van der Waals surface area contributed by atoms with Crippen molar-refractivity contribution in [2.24, 2.45) is 0 Å². The molecule has 22 heavy (non-hydrogen) atoms. The van der Waals surface area contributed by atoms with E-state index in [9.17, 15) is 4.79 Å². The maximum absolute atomic E-state index is 12.5. The van der Waals surface area contributed by atoms with Crippen LogP contribution in [0.25, 0.3) is 0 Å². The minimum atomic E-state index is -0.0604. The van der Waals surface area contributed by atoms with Crippen molar-refractivity contribution in [3.8, 4) is 0 Å². The number of hydrogen-bond donors (Lipinski definition) is 1. The van der Waals surface area contributed by atoms with Gasteiger partial charge in [0.25, 0.3) is 5.91 Å². The molecule has 1 fully saturated rings. The molecule has 0 radical (unpaired) electrons. The summed E-state index contributed by atoms with van der Waals surface area (Å²) < 4.78 is 0. The third-order valence-electron chi connectivity index (χ3n) is 3.83. The lowest BCUT2D eigenvalue weighted by molar-refractivity contribution is 0.0858. The molecule has 4 heteroatoms. The molecule has 1 aliphatic heterocycles. The molecule has 2 aromatic carbocycles. The predicted octanol–water partition coefficient (Wildman–Crippen LogP) is 3.16. The third kappa shape index (κ3) is 3.70. The number of rotatable bonds is 4. The van der Waals surface area contributed by atoms with Gasteiger partial charge in [-0.1, -0.05) is 48.5 Å². The largest absolute Gasteiger partial charge is 0.332 e. The SMILES string of the molecule is O=C(NC(c1ccccc1)N1CCSCC1)c1ccccc1. The van der Waals surface area contributed by atoms with Crippen LogP contribution in [0, 0.1) is 0 Å². The summed E-state index contributed by atoms with van der Waals surface area (Å²) in [5.41, 5.74) is 1.84. The Kier molecular flexibility index (Phi) is 5.14. The third-order valence-corrected chi connectivity index (χ3v) is 4.77. The lowest BCUT2D eigenvalue weighted by atomic mass is 10.1. The van der Waals surface area contributed by atoms with Gasteiger partial charge >= 0.3 is 0 Å². The quantitative estimate of drug-likeness (QED) is 0.941. The number of nitrogens with one attached hydrogen (secondary N) is 1. The summed E-state index contributed by atoms with van der Waals surface area (Å²) in [4.78, 5) is 14.9. The van der Waals surface area contributed by atoms with Crippen LogP contribution in [0.1, 0.15) is 22.1 Å². The second kappa shape index (κ2) is 7.47. The van der Waals surface area contributed by atoms with Crippen LogP contribution in [0.3, 0.4) is 0 Å². The van der Waals surface area contributed by atoms with Crippen LogP contribution >= 0.6 is 11.8 Å². The normalized spacial score (nSPS) is 16.9. The lowest BCUT2D eigenvalue weighted by Gasteiger charge is -2.35. The van der Waals surface area contributed by atoms with Crippen LogP contribution in [-0.4, -0.2) is 35.4 Å². The lowest BCUT2D eigenvalue weighted by Crippen LogP contribution is -2.45. The van der Waals surface area contributed by atoms with Crippen LogP contribution in [0.2, 0.25) is 0 Å². The second-order valence-corrected chi connectivity index (χ2v) is 6.53. The summed E-state index contributed by atoms with van der Waals surface area (Å²) in [6.45, 7) is 2.00. The molecule has 114 valence electrons. The molecule has 0 aromatic heterocycles. The fourth-order valence-electron chi connectivity index (χ4n) is 2.65. The van der Waals surface area contributed by atoms with Gasteiger partial charge in [-0.15, -0.1) is 0 Å². The molecule has 2 aromatic rings. The van der Waals surface area contributed by atoms with Gasteiger partial charge in [0.1, 0.15) is 6.17 Å². The standard InChI is InChI=1S/C18H20N2OS/c21-18(16-9-5-2-6-10-16)19-17(15-7-3-1-4-8-15)20-11-13-22-14-12-20/h1-10,17H,11-14H2,(H,19,21). The average molecular weight is 312 g/mol. The molecule has 3 nitrogen and oxygen atoms in total. The van der Waals surface area contributed by atoms with Gasteiger partial charge in [-0.25, -0.2) is 0 Å². The molecular formula is C18H20N2OS. The highest BCUT2D eigenvalue weighted by atomic mass is 32.2. The molecule has 1 N–H and O–H groups in total. The molecule has 1 atom stereocenters. The number of hydrogen-bond acceptors (Lipinski definition) is 3. The van der Waals surface area contributed by atoms with E-state index in [1.807, 2.05) is 60.3 Å². The minimum absolute atomic E-state index is 0.0207. The zero-order valence-corrected chi connectivity index (χ0v) is 13.3. The smallest absolute Gasteiger partial charge is 0.252 e. The summed E-state index contributed by atoms with van der Waals surface area (Å²) in [6.07, 6.45) is -0.0604. The van der Waals surface area contributed by atoms with Gasteiger partial charge in [-0.2, -0.15) is 11.8 Å². The van der Waals surface area contributed by atoms with Crippen LogP contribution in [0.4, 0.5) is 0 Å². The fraction of sp³-hybridized carbons (Fsp3) is 0.278. The maximum atomic E-state index is 12.5. The summed E-state index contributed by atoms with van der Waals surface area (Å²) in [5, 5.41) is 3.20. The zero-order valence-electron chi connectivity index (χ0n) is 12.4. The highest BCUT2D eigenvalue weighted by molar-refractivity contribution is 7.99. The van der Waals surface area contributed by atoms with Gasteiger partial charge in [0.2, 0.25) is 0 Å². The van der Waals surface area contributed by atoms with E-state index in [4.69, 9.17) is 0 Å². The van der Waals surface area contributed by atoms with Crippen molar-refractivity contribution < 1.29 is 4.79 Å². The van der Waals surface area contributed by atoms with E-state index in [1.165, 1.54) is 0 Å². The van der Waals surface area contributed by atoms with E-state index in [0.717, 1.165) is 30.2 Å². The predicted molar refractivity (Wildman–Crippen MR) is 92.0 cm³/mol. The van der Waals surface area contributed by atoms with Gasteiger partial charge < -0.3 is 5.32 Å². The number of benzene rings is 2. The second-order valence-electron chi connectivity index (χ2n) is 5.30. The van der Waals surface area contributed by atoms with Gasteiger partial charge in [0.05, 0.1) is 0 Å². The summed E-state index contributed by atoms with van der Waals surface area (Å²) in [7, 11) is 0. The van der Waals surface area contributed by atoms with Crippen LogP contribution in [0.15, 0.2) is 60.7 Å². The van der Waals surface area contributed by atoms with Crippen molar-refractivity contribution >= 4 is 17.7 Å². The molecule has 0 aliphatic carbocycles. The highest BCUT2D eigenvalue weighted by Gasteiger charge is 2.24. The summed E-state index contributed by atoms with van der Waals surface area (Å²) in [6, 6.07) is 19.6. The summed E-state index contributed by atoms with van der Waals surface area (Å²) >= 11 is 1.97. The number of carbonyl (C=O) groups is 1. The first kappa shape index (κ1) is 15.1. The molecular weight excluding hydrogens is 292 g/mol. The van der Waals surface area contributed by atoms with E-state index >= 15 is 0 Å². The van der Waals surface area contributed by atoms with Crippen molar-refractivity contribution in [1.29, 1.82) is 0 Å². The van der Waals surface area contributed by atoms with Crippen molar-refractivity contribution in [1.82, 2.24) is 10.2 Å². The topological polar surface area (TPSA) is 32.3 Å². The number of thioether (sulfide) groups is 1. The molecule has 1 aliphatic rings. The van der Waals surface area contributed by atoms with Crippen molar-refractivity contribution in [2.75, 3.05) is 24.6 Å². The van der Waals surface area contributed by atoms with E-state index in [1.54, 1.807) is 0 Å². The van der Waals surface area contributed by atoms with Crippen molar-refractivity contribution in [3.05, 3.63) is 71.8 Å². The first-order valence-electron chi connectivity index (χ1n) is 7.57. The zero-order chi connectivity index (χ0) is 15.2. The van der Waals surface area contributed by atoms with E-state index in [-0.39, 0.29) is 12.1 Å². The molecule has 0 saturated carbocycles. The van der Waals surface area contributed by atoms with E-state index in [2.05, 4.69) is 22.3 Å². The van der Waals surface area contributed by atoms with Crippen molar-refractivity contribution in [3.63, 3.8) is 0 Å². The Balaban J connectivity index is 1.81. The molecule has 1 amide bonds. The minimum Gasteiger partial charge on any atom is -0.332 e. The number of carbonyl (C=O) groups excluding carboxylic acids is 1. The fourth-order valence-corrected chi connectivity index (χ4v) is 3.58. The van der Waals surface area contributed by atoms with Gasteiger partial charge in [0.15, 0.2) is 0 Å². The molecule has 1 saturated heterocycles. The maximum Gasteiger partial charge on any atom is 0.252 e. The molecule has 0 spiro atoms. The van der Waals surface area contributed by atoms with Crippen LogP contribution in [-0.2, 0) is 0 Å². The first-order chi connectivity index (χ1) is 10.8. The van der Waals surface area contributed by atoms with Crippen molar-refractivity contribution in [2.45, 2.75) is 6.17 Å². The highest BCUT2D eigenvalue weighted by Crippen LogP contribution is 2.22. The molecule has 1 unspecified atom stereocenters. The number of nitrogens with zero attached hydrogens (tertiary/aromatic N) is 1. The Morgan fingerprint density at radius 1 is 0.955 bits per heavy atom. The van der Waals surface area contributed by atoms with Gasteiger partial charge in [-0.05, 0) is 17.7 Å². The van der Waals surface area contributed by atoms with E-state index < -0.39 is 0 Å². The molecule has 3 rings (SSSR count). The Hall–Kier alpha value is -1.78. The van der Waals surface area contributed by atoms with Crippen LogP contribution < -0.4 is 5.32 Å². The van der Waals surface area contributed by atoms with Crippen LogP contribution in [0.5, 0.6) is 0 Å². The average Bonchev–Trinajstić information content (AvgIpc) is 2.62.